The van der Waals surface area contributed by atoms with E-state index in [4.69, 9.17) is 0 Å². The lowest BCUT2D eigenvalue weighted by atomic mass is 10.1. The molecule has 0 amide bonds. The number of aryl methyl sites for hydroxylation is 6. The van der Waals surface area contributed by atoms with E-state index in [0.717, 1.165) is 63.6 Å². The van der Waals surface area contributed by atoms with Gasteiger partial charge in [0.15, 0.2) is 24.8 Å². The van der Waals surface area contributed by atoms with E-state index in [1.54, 1.807) is 0 Å². The molecule has 0 bridgehead atoms. The molecular weight excluding hydrogens is 729 g/mol. The van der Waals surface area contributed by atoms with Gasteiger partial charge in [-0.1, -0.05) is 70.2 Å². The van der Waals surface area contributed by atoms with Gasteiger partial charge in [0.1, 0.15) is 38.9 Å². The lowest BCUT2D eigenvalue weighted by molar-refractivity contribution is -0.696. The van der Waals surface area contributed by atoms with Crippen LogP contribution in [0.2, 0.25) is 0 Å². The van der Waals surface area contributed by atoms with Crippen molar-refractivity contribution in [1.82, 2.24) is 9.13 Å². The second-order valence-electron chi connectivity index (χ2n) is 14.4. The highest BCUT2D eigenvalue weighted by molar-refractivity contribution is 8.76. The van der Waals surface area contributed by atoms with Gasteiger partial charge in [-0.25, -0.2) is 27.4 Å². The first kappa shape index (κ1) is 40.6. The Hall–Kier alpha value is -5.06. The molecule has 0 unspecified atom stereocenters. The standard InChI is InChI=1S/C46H58N8S2/c1-47-27-19-43(20-28-47)9-7-41-11-15-45(16-12-41)49(3)23-5-25-51-31-33-53(39-51)35-37-55-56-38-36-54-34-32-52(40-54)26-6-24-50(4)46-17-13-42(14-18-46)8-10-44-21-29-48(2)30-22-44/h7-22,27-34,39-40H,5-6,23-26,35-38H2,1-4H3/q+4. The van der Waals surface area contributed by atoms with E-state index >= 15 is 0 Å². The zero-order chi connectivity index (χ0) is 39.0. The molecule has 0 saturated heterocycles. The first-order valence-electron chi connectivity index (χ1n) is 19.6. The average Bonchev–Trinajstić information content (AvgIpc) is 3.88. The Morgan fingerprint density at radius 2 is 0.857 bits per heavy atom. The molecule has 2 aromatic carbocycles. The molecule has 4 heterocycles. The number of aromatic nitrogens is 6. The summed E-state index contributed by atoms with van der Waals surface area (Å²) in [7, 11) is 12.4. The van der Waals surface area contributed by atoms with Crippen LogP contribution in [0.4, 0.5) is 11.4 Å². The van der Waals surface area contributed by atoms with E-state index in [1.807, 2.05) is 44.8 Å². The molecule has 6 aromatic rings. The summed E-state index contributed by atoms with van der Waals surface area (Å²) >= 11 is 0. The predicted molar refractivity (Wildman–Crippen MR) is 236 cm³/mol. The Balaban J connectivity index is 0.799. The van der Waals surface area contributed by atoms with Crippen molar-refractivity contribution in [3.8, 4) is 0 Å². The summed E-state index contributed by atoms with van der Waals surface area (Å²) in [6.07, 6.45) is 32.4. The van der Waals surface area contributed by atoms with Gasteiger partial charge in [0.25, 0.3) is 0 Å². The summed E-state index contributed by atoms with van der Waals surface area (Å²) in [4.78, 5) is 4.69. The normalized spacial score (nSPS) is 11.6. The van der Waals surface area contributed by atoms with Crippen LogP contribution in [0.3, 0.4) is 0 Å². The maximum absolute atomic E-state index is 2.34. The second kappa shape index (κ2) is 21.3. The van der Waals surface area contributed by atoms with Crippen LogP contribution in [0.5, 0.6) is 0 Å². The molecular formula is C46H58N8S2+4. The Bertz CT molecular complexity index is 1950. The van der Waals surface area contributed by atoms with Crippen LogP contribution in [-0.4, -0.2) is 47.8 Å². The van der Waals surface area contributed by atoms with Gasteiger partial charge in [-0.2, -0.15) is 0 Å². The van der Waals surface area contributed by atoms with Crippen molar-refractivity contribution in [2.24, 2.45) is 14.1 Å². The SMILES string of the molecule is CN(CCC[n+]1ccn(CCSSCCn2cc[n+](CCCN(C)c3ccc(C=Cc4cc[n+](C)cc4)cc3)c2)c1)c1ccc(C=Cc2cc[n+](C)cc2)cc1. The van der Waals surface area contributed by atoms with Gasteiger partial charge >= 0.3 is 0 Å². The van der Waals surface area contributed by atoms with Gasteiger partial charge in [-0.05, 0) is 46.5 Å². The third-order valence-electron chi connectivity index (χ3n) is 9.87. The Labute approximate surface area is 342 Å². The third-order valence-corrected chi connectivity index (χ3v) is 12.2. The quantitative estimate of drug-likeness (QED) is 0.0448. The highest BCUT2D eigenvalue weighted by atomic mass is 33.1. The number of imidazole rings is 2. The fourth-order valence-corrected chi connectivity index (χ4v) is 8.32. The Morgan fingerprint density at radius 3 is 1.23 bits per heavy atom. The van der Waals surface area contributed by atoms with Crippen LogP contribution in [-0.2, 0) is 40.3 Å². The molecule has 0 radical (unpaired) electrons. The highest BCUT2D eigenvalue weighted by Gasteiger charge is 2.08. The Morgan fingerprint density at radius 1 is 0.500 bits per heavy atom. The third kappa shape index (κ3) is 13.3. The zero-order valence-electron chi connectivity index (χ0n) is 33.5. The number of pyridine rings is 2. The second-order valence-corrected chi connectivity index (χ2v) is 17.1. The smallest absolute Gasteiger partial charge is 0.243 e. The van der Waals surface area contributed by atoms with E-state index < -0.39 is 0 Å². The average molecular weight is 787 g/mol. The number of rotatable bonds is 21. The summed E-state index contributed by atoms with van der Waals surface area (Å²) in [5.41, 5.74) is 7.34. The molecule has 0 spiro atoms. The van der Waals surface area contributed by atoms with Gasteiger partial charge < -0.3 is 9.80 Å². The van der Waals surface area contributed by atoms with Crippen molar-refractivity contribution in [1.29, 1.82) is 0 Å². The summed E-state index contributed by atoms with van der Waals surface area (Å²) in [5.74, 6) is 2.20. The topological polar surface area (TPSA) is 31.9 Å². The van der Waals surface area contributed by atoms with E-state index in [1.165, 1.54) is 33.6 Å². The van der Waals surface area contributed by atoms with Crippen molar-refractivity contribution in [3.05, 3.63) is 157 Å². The van der Waals surface area contributed by atoms with Crippen LogP contribution in [0.25, 0.3) is 24.3 Å². The van der Waals surface area contributed by atoms with Crippen molar-refractivity contribution >= 4 is 57.3 Å². The van der Waals surface area contributed by atoms with Crippen molar-refractivity contribution in [3.63, 3.8) is 0 Å². The van der Waals surface area contributed by atoms with Gasteiger partial charge in [0.05, 0.1) is 26.2 Å². The lowest BCUT2D eigenvalue weighted by Crippen LogP contribution is -2.33. The summed E-state index contributed by atoms with van der Waals surface area (Å²) in [6, 6.07) is 26.1. The molecule has 4 aromatic heterocycles. The maximum atomic E-state index is 2.34. The molecule has 0 saturated carbocycles. The minimum absolute atomic E-state index is 1.02. The fraction of sp³-hybridized carbons (Fsp3) is 0.304. The first-order chi connectivity index (χ1) is 27.4. The molecule has 0 aliphatic rings. The molecule has 0 aliphatic carbocycles. The minimum Gasteiger partial charge on any atom is -0.374 e. The van der Waals surface area contributed by atoms with Gasteiger partial charge in [-0.3, -0.25) is 0 Å². The Kier molecular flexibility index (Phi) is 15.4. The molecule has 10 heteroatoms. The molecule has 290 valence electrons. The molecule has 56 heavy (non-hydrogen) atoms. The van der Waals surface area contributed by atoms with Crippen LogP contribution >= 0.6 is 21.6 Å². The first-order valence-corrected chi connectivity index (χ1v) is 22.1. The largest absolute Gasteiger partial charge is 0.374 e. The van der Waals surface area contributed by atoms with Crippen LogP contribution in [0, 0.1) is 0 Å². The van der Waals surface area contributed by atoms with Crippen molar-refractivity contribution < 1.29 is 18.3 Å². The van der Waals surface area contributed by atoms with Crippen LogP contribution in [0.1, 0.15) is 35.1 Å². The van der Waals surface area contributed by atoms with E-state index in [0.29, 0.717) is 0 Å². The zero-order valence-corrected chi connectivity index (χ0v) is 35.1. The van der Waals surface area contributed by atoms with Crippen molar-refractivity contribution in [2.75, 3.05) is 48.5 Å². The van der Waals surface area contributed by atoms with Crippen molar-refractivity contribution in [2.45, 2.75) is 39.0 Å². The molecule has 0 aliphatic heterocycles. The fourth-order valence-electron chi connectivity index (χ4n) is 6.36. The van der Waals surface area contributed by atoms with Gasteiger partial charge in [0, 0.05) is 87.2 Å². The maximum Gasteiger partial charge on any atom is 0.243 e. The molecule has 0 N–H and O–H groups in total. The van der Waals surface area contributed by atoms with Crippen LogP contribution in [0.15, 0.2) is 135 Å². The molecule has 6 rings (SSSR count). The monoisotopic (exact) mass is 786 g/mol. The number of nitrogens with zero attached hydrogens (tertiary/aromatic N) is 8. The van der Waals surface area contributed by atoms with Crippen LogP contribution < -0.4 is 28.1 Å². The number of hydrogen-bond acceptors (Lipinski definition) is 4. The van der Waals surface area contributed by atoms with E-state index in [9.17, 15) is 0 Å². The molecule has 8 nitrogen and oxygen atoms in total. The number of benzene rings is 2. The van der Waals surface area contributed by atoms with Gasteiger partial charge in [-0.15, -0.1) is 0 Å². The molecule has 0 atom stereocenters. The summed E-state index contributed by atoms with van der Waals surface area (Å²) in [6.45, 7) is 6.13. The summed E-state index contributed by atoms with van der Waals surface area (Å²) in [5, 5.41) is 0. The highest BCUT2D eigenvalue weighted by Crippen LogP contribution is 2.21. The number of anilines is 2. The van der Waals surface area contributed by atoms with E-state index in [2.05, 4.69) is 201 Å². The minimum atomic E-state index is 1.02. The molecule has 0 fully saturated rings. The van der Waals surface area contributed by atoms with E-state index in [-0.39, 0.29) is 0 Å². The lowest BCUT2D eigenvalue weighted by Gasteiger charge is -2.18. The predicted octanol–water partition coefficient (Wildman–Crippen LogP) is 6.99. The summed E-state index contributed by atoms with van der Waals surface area (Å²) < 4.78 is 13.3. The number of hydrogen-bond donors (Lipinski definition) is 0. The van der Waals surface area contributed by atoms with Gasteiger partial charge in [0.2, 0.25) is 12.7 Å².